The molecule has 3 heterocycles. The van der Waals surface area contributed by atoms with Crippen LogP contribution in [0.4, 0.5) is 0 Å². The van der Waals surface area contributed by atoms with Gasteiger partial charge in [0, 0.05) is 32.2 Å². The summed E-state index contributed by atoms with van der Waals surface area (Å²) in [7, 11) is 0. The summed E-state index contributed by atoms with van der Waals surface area (Å²) in [6, 6.07) is 14.2. The van der Waals surface area contributed by atoms with Crippen molar-refractivity contribution in [2.24, 2.45) is 0 Å². The van der Waals surface area contributed by atoms with Crippen LogP contribution in [0.25, 0.3) is 0 Å². The summed E-state index contributed by atoms with van der Waals surface area (Å²) in [6.45, 7) is 3.30. The number of hydrogen-bond acceptors (Lipinski definition) is 3. The molecule has 0 spiro atoms. The molecular formula is C21H26N2O3. The Morgan fingerprint density at radius 3 is 2.50 bits per heavy atom. The van der Waals surface area contributed by atoms with Crippen LogP contribution in [0.15, 0.2) is 54.9 Å². The number of nitrogens with zero attached hydrogens (tertiary/aromatic N) is 2. The Bertz CT molecular complexity index is 708. The van der Waals surface area contributed by atoms with Crippen molar-refractivity contribution in [2.45, 2.75) is 30.9 Å². The molecule has 2 aliphatic heterocycles. The average molecular weight is 354 g/mol. The lowest BCUT2D eigenvalue weighted by molar-refractivity contribution is -0.142. The molecule has 4 rings (SSSR count). The average Bonchev–Trinajstić information content (AvgIpc) is 3.25. The number of morpholine rings is 1. The van der Waals surface area contributed by atoms with E-state index in [0.29, 0.717) is 39.3 Å². The molecule has 2 aliphatic rings. The molecule has 1 aromatic carbocycles. The molecule has 2 aromatic rings. The molecule has 1 atom stereocenters. The van der Waals surface area contributed by atoms with Crippen molar-refractivity contribution in [1.82, 2.24) is 9.47 Å². The van der Waals surface area contributed by atoms with Gasteiger partial charge in [0.2, 0.25) is 5.91 Å². The summed E-state index contributed by atoms with van der Waals surface area (Å²) >= 11 is 0. The van der Waals surface area contributed by atoms with Crippen LogP contribution < -0.4 is 0 Å². The van der Waals surface area contributed by atoms with E-state index in [9.17, 15) is 4.79 Å². The lowest BCUT2D eigenvalue weighted by Crippen LogP contribution is -2.48. The summed E-state index contributed by atoms with van der Waals surface area (Å²) in [4.78, 5) is 15.1. The summed E-state index contributed by atoms with van der Waals surface area (Å²) in [6.07, 6.45) is 6.38. The monoisotopic (exact) mass is 354 g/mol. The highest BCUT2D eigenvalue weighted by molar-refractivity contribution is 5.77. The topological polar surface area (TPSA) is 43.7 Å². The fraction of sp³-hybridized carbons (Fsp3) is 0.476. The van der Waals surface area contributed by atoms with Gasteiger partial charge in [0.1, 0.15) is 6.10 Å². The van der Waals surface area contributed by atoms with Gasteiger partial charge in [-0.05, 0) is 30.5 Å². The van der Waals surface area contributed by atoms with Crippen LogP contribution in [-0.2, 0) is 19.8 Å². The number of carbonyl (C=O) groups is 1. The van der Waals surface area contributed by atoms with Crippen LogP contribution in [-0.4, -0.2) is 48.3 Å². The SMILES string of the molecule is O=C(CC1(n2cccc2)CCOCC1)N1CCO[C@H](c2ccccc2)C1. The van der Waals surface area contributed by atoms with Crippen LogP contribution in [0, 0.1) is 0 Å². The van der Waals surface area contributed by atoms with E-state index >= 15 is 0 Å². The van der Waals surface area contributed by atoms with Crippen LogP contribution in [0.2, 0.25) is 0 Å². The quantitative estimate of drug-likeness (QED) is 0.848. The van der Waals surface area contributed by atoms with Gasteiger partial charge in [-0.2, -0.15) is 0 Å². The highest BCUT2D eigenvalue weighted by Gasteiger charge is 2.38. The first-order valence-corrected chi connectivity index (χ1v) is 9.42. The predicted octanol–water partition coefficient (Wildman–Crippen LogP) is 2.98. The standard InChI is InChI=1S/C21H26N2O3/c24-20(16-21(8-13-25-14-9-21)23-10-4-5-11-23)22-12-15-26-19(17-22)18-6-2-1-3-7-18/h1-7,10-11,19H,8-9,12-17H2/t19-/m0/s1. The zero-order valence-electron chi connectivity index (χ0n) is 15.0. The molecule has 0 N–H and O–H groups in total. The normalized spacial score (nSPS) is 22.9. The highest BCUT2D eigenvalue weighted by atomic mass is 16.5. The highest BCUT2D eigenvalue weighted by Crippen LogP contribution is 2.34. The molecule has 1 amide bonds. The van der Waals surface area contributed by atoms with Gasteiger partial charge in [0.25, 0.3) is 0 Å². The van der Waals surface area contributed by atoms with Gasteiger partial charge in [-0.15, -0.1) is 0 Å². The summed E-state index contributed by atoms with van der Waals surface area (Å²) in [5, 5.41) is 0. The van der Waals surface area contributed by atoms with E-state index in [2.05, 4.69) is 29.1 Å². The van der Waals surface area contributed by atoms with Gasteiger partial charge in [-0.3, -0.25) is 4.79 Å². The molecule has 2 saturated heterocycles. The smallest absolute Gasteiger partial charge is 0.225 e. The minimum absolute atomic E-state index is 0.0360. The van der Waals surface area contributed by atoms with Gasteiger partial charge < -0.3 is 18.9 Å². The van der Waals surface area contributed by atoms with Crippen molar-refractivity contribution in [3.63, 3.8) is 0 Å². The molecule has 5 nitrogen and oxygen atoms in total. The number of carbonyl (C=O) groups excluding carboxylic acids is 1. The van der Waals surface area contributed by atoms with E-state index in [-0.39, 0.29) is 17.6 Å². The Morgan fingerprint density at radius 2 is 1.77 bits per heavy atom. The van der Waals surface area contributed by atoms with Crippen molar-refractivity contribution >= 4 is 5.91 Å². The number of amides is 1. The molecular weight excluding hydrogens is 328 g/mol. The largest absolute Gasteiger partial charge is 0.381 e. The first-order chi connectivity index (χ1) is 12.8. The summed E-state index contributed by atoms with van der Waals surface area (Å²) in [5.74, 6) is 0.213. The molecule has 26 heavy (non-hydrogen) atoms. The van der Waals surface area contributed by atoms with E-state index in [1.165, 1.54) is 0 Å². The molecule has 2 fully saturated rings. The fourth-order valence-corrected chi connectivity index (χ4v) is 4.07. The maximum absolute atomic E-state index is 13.2. The number of hydrogen-bond donors (Lipinski definition) is 0. The first-order valence-electron chi connectivity index (χ1n) is 9.42. The van der Waals surface area contributed by atoms with Crippen molar-refractivity contribution < 1.29 is 14.3 Å². The molecule has 0 bridgehead atoms. The van der Waals surface area contributed by atoms with Gasteiger partial charge in [0.05, 0.1) is 25.1 Å². The zero-order valence-corrected chi connectivity index (χ0v) is 15.0. The second-order valence-electron chi connectivity index (χ2n) is 7.21. The van der Waals surface area contributed by atoms with Crippen molar-refractivity contribution in [2.75, 3.05) is 32.9 Å². The number of rotatable bonds is 4. The van der Waals surface area contributed by atoms with Crippen molar-refractivity contribution in [3.8, 4) is 0 Å². The van der Waals surface area contributed by atoms with Crippen molar-refractivity contribution in [3.05, 3.63) is 60.4 Å². The minimum Gasteiger partial charge on any atom is -0.381 e. The Kier molecular flexibility index (Phi) is 5.09. The van der Waals surface area contributed by atoms with Gasteiger partial charge in [0.15, 0.2) is 0 Å². The van der Waals surface area contributed by atoms with Gasteiger partial charge in [-0.25, -0.2) is 0 Å². The number of aromatic nitrogens is 1. The Balaban J connectivity index is 1.48. The van der Waals surface area contributed by atoms with Gasteiger partial charge >= 0.3 is 0 Å². The van der Waals surface area contributed by atoms with E-state index in [1.807, 2.05) is 35.2 Å². The van der Waals surface area contributed by atoms with E-state index in [1.54, 1.807) is 0 Å². The minimum atomic E-state index is -0.167. The molecule has 0 radical (unpaired) electrons. The van der Waals surface area contributed by atoms with E-state index in [0.717, 1.165) is 18.4 Å². The van der Waals surface area contributed by atoms with Gasteiger partial charge in [-0.1, -0.05) is 30.3 Å². The molecule has 1 aromatic heterocycles. The van der Waals surface area contributed by atoms with Crippen LogP contribution >= 0.6 is 0 Å². The first kappa shape index (κ1) is 17.3. The molecule has 138 valence electrons. The van der Waals surface area contributed by atoms with E-state index in [4.69, 9.17) is 9.47 Å². The lowest BCUT2D eigenvalue weighted by Gasteiger charge is -2.41. The summed E-state index contributed by atoms with van der Waals surface area (Å²) in [5.41, 5.74) is 0.968. The maximum atomic E-state index is 13.2. The fourth-order valence-electron chi connectivity index (χ4n) is 4.07. The molecule has 0 aliphatic carbocycles. The van der Waals surface area contributed by atoms with Crippen LogP contribution in [0.3, 0.4) is 0 Å². The van der Waals surface area contributed by atoms with Crippen LogP contribution in [0.1, 0.15) is 30.9 Å². The second kappa shape index (κ2) is 7.64. The third-order valence-electron chi connectivity index (χ3n) is 5.65. The number of benzene rings is 1. The molecule has 0 unspecified atom stereocenters. The molecule has 0 saturated carbocycles. The maximum Gasteiger partial charge on any atom is 0.225 e. The van der Waals surface area contributed by atoms with Crippen molar-refractivity contribution in [1.29, 1.82) is 0 Å². The molecule has 5 heteroatoms. The Labute approximate surface area is 154 Å². The predicted molar refractivity (Wildman–Crippen MR) is 98.8 cm³/mol. The Morgan fingerprint density at radius 1 is 1.04 bits per heavy atom. The van der Waals surface area contributed by atoms with Crippen LogP contribution in [0.5, 0.6) is 0 Å². The lowest BCUT2D eigenvalue weighted by atomic mass is 9.85. The third kappa shape index (κ3) is 3.55. The third-order valence-corrected chi connectivity index (χ3v) is 5.65. The summed E-state index contributed by atoms with van der Waals surface area (Å²) < 4.78 is 13.7. The Hall–Kier alpha value is -2.11. The zero-order chi connectivity index (χ0) is 17.8. The second-order valence-corrected chi connectivity index (χ2v) is 7.21. The van der Waals surface area contributed by atoms with E-state index < -0.39 is 0 Å². The number of ether oxygens (including phenoxy) is 2.